The third-order valence-electron chi connectivity index (χ3n) is 2.35. The molecule has 0 spiro atoms. The first-order valence-electron chi connectivity index (χ1n) is 5.46. The number of hydrogen-bond acceptors (Lipinski definition) is 4. The Morgan fingerprint density at radius 1 is 0.778 bits per heavy atom. The lowest BCUT2D eigenvalue weighted by atomic mass is 10.1. The van der Waals surface area contributed by atoms with Gasteiger partial charge in [0.25, 0.3) is 0 Å². The topological polar surface area (TPSA) is 34.1 Å². The molecule has 0 aliphatic heterocycles. The predicted molar refractivity (Wildman–Crippen MR) is 77.0 cm³/mol. The van der Waals surface area contributed by atoms with Crippen LogP contribution in [0.3, 0.4) is 0 Å². The van der Waals surface area contributed by atoms with Crippen LogP contribution in [0, 0.1) is 0 Å². The summed E-state index contributed by atoms with van der Waals surface area (Å²) in [5.74, 6) is 0. The molecule has 0 bridgehead atoms. The minimum absolute atomic E-state index is 0.0622. The molecule has 0 atom stereocenters. The van der Waals surface area contributed by atoms with Crippen molar-refractivity contribution in [2.24, 2.45) is 0 Å². The van der Waals surface area contributed by atoms with Crippen LogP contribution in [0.5, 0.6) is 0 Å². The Labute approximate surface area is 114 Å². The average Bonchev–Trinajstić information content (AvgIpc) is 2.29. The molecule has 0 aliphatic rings. The Hall–Kier alpha value is -1.26. The summed E-state index contributed by atoms with van der Waals surface area (Å²) in [5.41, 5.74) is 0. The lowest BCUT2D eigenvalue weighted by molar-refractivity contribution is -0.109. The average molecular weight is 276 g/mol. The van der Waals surface area contributed by atoms with E-state index in [4.69, 9.17) is 0 Å². The van der Waals surface area contributed by atoms with Gasteiger partial charge in [-0.3, -0.25) is 9.59 Å². The Morgan fingerprint density at radius 3 is 1.50 bits per heavy atom. The van der Waals surface area contributed by atoms with Gasteiger partial charge in [0.1, 0.15) is 0 Å². The van der Waals surface area contributed by atoms with Crippen molar-refractivity contribution in [1.29, 1.82) is 0 Å². The van der Waals surface area contributed by atoms with Gasteiger partial charge in [-0.1, -0.05) is 47.8 Å². The monoisotopic (exact) mass is 276 g/mol. The largest absolute Gasteiger partial charge is 0.287 e. The van der Waals surface area contributed by atoms with Crippen molar-refractivity contribution < 1.29 is 9.59 Å². The van der Waals surface area contributed by atoms with E-state index in [0.717, 1.165) is 20.6 Å². The fourth-order valence-corrected chi connectivity index (χ4v) is 3.23. The molecular weight excluding hydrogens is 264 g/mol. The van der Waals surface area contributed by atoms with E-state index in [1.54, 1.807) is 13.8 Å². The van der Waals surface area contributed by atoms with Gasteiger partial charge < -0.3 is 0 Å². The highest BCUT2D eigenvalue weighted by atomic mass is 32.2. The summed E-state index contributed by atoms with van der Waals surface area (Å²) in [6.45, 7) is 3.11. The van der Waals surface area contributed by atoms with Gasteiger partial charge in [0, 0.05) is 23.6 Å². The molecule has 2 aromatic carbocycles. The molecule has 0 aromatic heterocycles. The normalized spacial score (nSPS) is 10.6. The summed E-state index contributed by atoms with van der Waals surface area (Å²) >= 11 is 2.44. The zero-order valence-electron chi connectivity index (χ0n) is 10.1. The number of hydrogen-bond donors (Lipinski definition) is 0. The third kappa shape index (κ3) is 2.94. The molecule has 0 unspecified atom stereocenters. The molecule has 0 saturated heterocycles. The van der Waals surface area contributed by atoms with Gasteiger partial charge in [0.2, 0.25) is 0 Å². The van der Waals surface area contributed by atoms with Gasteiger partial charge >= 0.3 is 0 Å². The van der Waals surface area contributed by atoms with Crippen LogP contribution in [-0.4, -0.2) is 10.2 Å². The number of rotatable bonds is 2. The minimum Gasteiger partial charge on any atom is -0.287 e. The second kappa shape index (κ2) is 5.59. The second-order valence-electron chi connectivity index (χ2n) is 3.79. The summed E-state index contributed by atoms with van der Waals surface area (Å²) < 4.78 is 0. The molecule has 0 fully saturated rings. The van der Waals surface area contributed by atoms with Crippen molar-refractivity contribution in [2.45, 2.75) is 23.6 Å². The molecule has 18 heavy (non-hydrogen) atoms. The van der Waals surface area contributed by atoms with E-state index >= 15 is 0 Å². The molecule has 0 N–H and O–H groups in total. The van der Waals surface area contributed by atoms with E-state index in [2.05, 4.69) is 0 Å². The minimum atomic E-state index is 0.0622. The Balaban J connectivity index is 2.57. The molecule has 92 valence electrons. The van der Waals surface area contributed by atoms with Crippen molar-refractivity contribution in [3.05, 3.63) is 36.4 Å². The second-order valence-corrected chi connectivity index (χ2v) is 6.23. The number of fused-ring (bicyclic) bond motifs is 1. The fourth-order valence-electron chi connectivity index (χ4n) is 1.74. The van der Waals surface area contributed by atoms with Gasteiger partial charge in [0.15, 0.2) is 10.2 Å². The van der Waals surface area contributed by atoms with Crippen molar-refractivity contribution in [2.75, 3.05) is 0 Å². The zero-order valence-corrected chi connectivity index (χ0v) is 11.7. The first-order valence-corrected chi connectivity index (χ1v) is 7.10. The Morgan fingerprint density at radius 2 is 1.17 bits per heavy atom. The fraction of sp³-hybridized carbons (Fsp3) is 0.143. The maximum atomic E-state index is 11.2. The Bertz CT molecular complexity index is 565. The van der Waals surface area contributed by atoms with Gasteiger partial charge in [-0.2, -0.15) is 0 Å². The van der Waals surface area contributed by atoms with E-state index < -0.39 is 0 Å². The van der Waals surface area contributed by atoms with Gasteiger partial charge in [-0.15, -0.1) is 0 Å². The smallest absolute Gasteiger partial charge is 0.190 e. The molecule has 0 amide bonds. The van der Waals surface area contributed by atoms with Crippen LogP contribution in [0.25, 0.3) is 10.8 Å². The maximum absolute atomic E-state index is 11.2. The molecule has 2 aromatic rings. The summed E-state index contributed by atoms with van der Waals surface area (Å²) in [6.07, 6.45) is 0. The quantitative estimate of drug-likeness (QED) is 0.773. The molecule has 4 heteroatoms. The number of thioether (sulfide) groups is 2. The van der Waals surface area contributed by atoms with Crippen LogP contribution < -0.4 is 0 Å². The van der Waals surface area contributed by atoms with Crippen molar-refractivity contribution in [3.63, 3.8) is 0 Å². The van der Waals surface area contributed by atoms with Crippen LogP contribution in [0.15, 0.2) is 46.2 Å². The summed E-state index contributed by atoms with van der Waals surface area (Å²) in [5, 5.41) is 2.16. The molecule has 0 heterocycles. The standard InChI is InChI=1S/C14H12O2S2/c1-9(15)17-13-7-3-6-12-11(13)5-4-8-14(12)18-10(2)16/h3-8H,1-2H3. The number of carbonyl (C=O) groups is 2. The summed E-state index contributed by atoms with van der Waals surface area (Å²) in [4.78, 5) is 24.3. The third-order valence-corrected chi connectivity index (χ3v) is 4.08. The summed E-state index contributed by atoms with van der Waals surface area (Å²) in [7, 11) is 0. The predicted octanol–water partition coefficient (Wildman–Crippen LogP) is 4.12. The molecule has 0 saturated carbocycles. The SMILES string of the molecule is CC(=O)Sc1cccc2c(SC(C)=O)cccc12. The highest BCUT2D eigenvalue weighted by molar-refractivity contribution is 8.14. The van der Waals surface area contributed by atoms with Crippen LogP contribution in [-0.2, 0) is 9.59 Å². The lowest BCUT2D eigenvalue weighted by Crippen LogP contribution is -1.87. The number of benzene rings is 2. The summed E-state index contributed by atoms with van der Waals surface area (Å²) in [6, 6.07) is 11.6. The van der Waals surface area contributed by atoms with Crippen LogP contribution in [0.2, 0.25) is 0 Å². The van der Waals surface area contributed by atoms with Crippen LogP contribution in [0.4, 0.5) is 0 Å². The number of carbonyl (C=O) groups excluding carboxylic acids is 2. The molecule has 0 aliphatic carbocycles. The lowest BCUT2D eigenvalue weighted by Gasteiger charge is -2.07. The zero-order chi connectivity index (χ0) is 13.1. The molecule has 0 radical (unpaired) electrons. The molecular formula is C14H12O2S2. The van der Waals surface area contributed by atoms with E-state index in [0.29, 0.717) is 0 Å². The van der Waals surface area contributed by atoms with Crippen LogP contribution in [0.1, 0.15) is 13.8 Å². The van der Waals surface area contributed by atoms with E-state index in [1.165, 1.54) is 23.5 Å². The van der Waals surface area contributed by atoms with Crippen molar-refractivity contribution >= 4 is 44.5 Å². The first-order chi connectivity index (χ1) is 8.58. The molecule has 2 rings (SSSR count). The van der Waals surface area contributed by atoms with Crippen molar-refractivity contribution in [3.8, 4) is 0 Å². The maximum Gasteiger partial charge on any atom is 0.190 e. The highest BCUT2D eigenvalue weighted by Gasteiger charge is 2.08. The van der Waals surface area contributed by atoms with E-state index in [1.807, 2.05) is 36.4 Å². The van der Waals surface area contributed by atoms with Crippen molar-refractivity contribution in [1.82, 2.24) is 0 Å². The van der Waals surface area contributed by atoms with E-state index in [-0.39, 0.29) is 10.2 Å². The van der Waals surface area contributed by atoms with Gasteiger partial charge in [-0.05, 0) is 22.9 Å². The highest BCUT2D eigenvalue weighted by Crippen LogP contribution is 2.34. The van der Waals surface area contributed by atoms with Crippen LogP contribution >= 0.6 is 23.5 Å². The van der Waals surface area contributed by atoms with Gasteiger partial charge in [-0.25, -0.2) is 0 Å². The first kappa shape index (κ1) is 13.2. The molecule has 2 nitrogen and oxygen atoms in total. The van der Waals surface area contributed by atoms with Gasteiger partial charge in [0.05, 0.1) is 0 Å². The Kier molecular flexibility index (Phi) is 4.09. The van der Waals surface area contributed by atoms with E-state index in [9.17, 15) is 9.59 Å².